The Hall–Kier alpha value is -5.14. The number of methoxy groups -OCH3 is 1. The topological polar surface area (TPSA) is 175 Å². The van der Waals surface area contributed by atoms with Crippen molar-refractivity contribution in [3.05, 3.63) is 53.6 Å². The highest BCUT2D eigenvalue weighted by Gasteiger charge is 2.30. The lowest BCUT2D eigenvalue weighted by atomic mass is 10.0. The lowest BCUT2D eigenvalue weighted by Gasteiger charge is -2.31. The van der Waals surface area contributed by atoms with Crippen LogP contribution >= 0.6 is 0 Å². The van der Waals surface area contributed by atoms with E-state index in [9.17, 15) is 28.8 Å². The maximum absolute atomic E-state index is 13.6. The number of rotatable bonds is 11. The number of nitrogens with one attached hydrogen (secondary N) is 4. The number of amides is 6. The van der Waals surface area contributed by atoms with Crippen molar-refractivity contribution in [2.75, 3.05) is 47.4 Å². The molecule has 4 rings (SSSR count). The third kappa shape index (κ3) is 9.44. The van der Waals surface area contributed by atoms with Crippen LogP contribution in [0.4, 0.5) is 0 Å². The molecule has 14 heteroatoms. The fourth-order valence-corrected chi connectivity index (χ4v) is 4.33. The second kappa shape index (κ2) is 15.9. The van der Waals surface area contributed by atoms with E-state index in [1.165, 1.54) is 18.9 Å². The lowest BCUT2D eigenvalue weighted by Crippen LogP contribution is -2.52. The molecule has 1 unspecified atom stereocenters. The Bertz CT molecular complexity index is 1370. The zero-order chi connectivity index (χ0) is 32.2. The number of hydrogen-bond donors (Lipinski definition) is 4. The van der Waals surface area contributed by atoms with Gasteiger partial charge in [0.25, 0.3) is 0 Å². The second-order valence-corrected chi connectivity index (χ2v) is 10.2. The molecule has 14 nitrogen and oxygen atoms in total. The van der Waals surface area contributed by atoms with Gasteiger partial charge in [-0.05, 0) is 48.7 Å². The monoisotopic (exact) mass is 610 g/mol. The van der Waals surface area contributed by atoms with Crippen LogP contribution in [0, 0.1) is 0 Å². The summed E-state index contributed by atoms with van der Waals surface area (Å²) < 4.78 is 11.5. The number of carbonyl (C=O) groups is 6. The van der Waals surface area contributed by atoms with Crippen molar-refractivity contribution in [2.45, 2.75) is 31.8 Å². The molecule has 0 radical (unpaired) electrons. The Kier molecular flexibility index (Phi) is 12.1. The summed E-state index contributed by atoms with van der Waals surface area (Å²) in [5, 5.41) is 9.35. The minimum absolute atomic E-state index is 0.233. The van der Waals surface area contributed by atoms with Crippen molar-refractivity contribution >= 4 is 35.9 Å². The van der Waals surface area contributed by atoms with Crippen molar-refractivity contribution < 1.29 is 38.2 Å². The molecule has 0 fully saturated rings. The highest BCUT2D eigenvalue weighted by Crippen LogP contribution is 2.33. The van der Waals surface area contributed by atoms with Gasteiger partial charge < -0.3 is 40.5 Å². The summed E-state index contributed by atoms with van der Waals surface area (Å²) in [5.41, 5.74) is 1.74. The van der Waals surface area contributed by atoms with Crippen LogP contribution in [-0.4, -0.2) is 105 Å². The standard InChI is InChI=1S/C30H38N6O8/c1-19(34-18-37)29(41)33-16-27(39)31-15-26(38)32-17-28(40)36(3)23-13-20-5-8-22(9-6-20)44-25-14-21(7-10-24(25)43-4)11-12-35(2)30(23)42/h5-10,14,18-19,23H,11-13,15-17H2,1-4H3,(H,31,39)(H,32,38)(H,33,41)(H,34,37)/t19?,23-/m0/s1. The van der Waals surface area contributed by atoms with Crippen molar-refractivity contribution in [1.82, 2.24) is 31.1 Å². The predicted molar refractivity (Wildman–Crippen MR) is 159 cm³/mol. The largest absolute Gasteiger partial charge is 0.493 e. The predicted octanol–water partition coefficient (Wildman–Crippen LogP) is -0.645. The molecular formula is C30H38N6O8. The zero-order valence-electron chi connectivity index (χ0n) is 25.2. The van der Waals surface area contributed by atoms with Crippen LogP contribution < -0.4 is 30.7 Å². The van der Waals surface area contributed by atoms with Gasteiger partial charge in [0.1, 0.15) is 17.8 Å². The average Bonchev–Trinajstić information content (AvgIpc) is 3.02. The Balaban J connectivity index is 1.60. The van der Waals surface area contributed by atoms with Gasteiger partial charge in [-0.25, -0.2) is 0 Å². The first kappa shape index (κ1) is 33.4. The van der Waals surface area contributed by atoms with Gasteiger partial charge in [0.05, 0.1) is 26.7 Å². The number of benzene rings is 2. The minimum Gasteiger partial charge on any atom is -0.493 e. The molecule has 2 aromatic rings. The highest BCUT2D eigenvalue weighted by atomic mass is 16.5. The molecule has 2 aliphatic rings. The minimum atomic E-state index is -0.843. The van der Waals surface area contributed by atoms with E-state index >= 15 is 0 Å². The summed E-state index contributed by atoms with van der Waals surface area (Å²) in [6.07, 6.45) is 1.15. The number of hydrogen-bond acceptors (Lipinski definition) is 8. The van der Waals surface area contributed by atoms with E-state index in [1.807, 2.05) is 30.3 Å². The maximum atomic E-state index is 13.6. The van der Waals surface area contributed by atoms with Crippen molar-refractivity contribution in [2.24, 2.45) is 0 Å². The molecule has 2 aromatic carbocycles. The van der Waals surface area contributed by atoms with Crippen LogP contribution in [0.15, 0.2) is 42.5 Å². The van der Waals surface area contributed by atoms with Crippen LogP contribution in [0.2, 0.25) is 0 Å². The van der Waals surface area contributed by atoms with E-state index in [2.05, 4.69) is 21.3 Å². The zero-order valence-corrected chi connectivity index (χ0v) is 25.2. The first-order valence-corrected chi connectivity index (χ1v) is 14.0. The molecule has 0 saturated carbocycles. The van der Waals surface area contributed by atoms with Gasteiger partial charge in [0.2, 0.25) is 35.9 Å². The molecule has 0 spiro atoms. The number of ether oxygens (including phenoxy) is 2. The van der Waals surface area contributed by atoms with Gasteiger partial charge in [-0.3, -0.25) is 28.8 Å². The molecule has 236 valence electrons. The van der Waals surface area contributed by atoms with Crippen LogP contribution in [0.1, 0.15) is 18.1 Å². The molecule has 0 aromatic heterocycles. The molecule has 6 amide bonds. The quantitative estimate of drug-likeness (QED) is 0.243. The Labute approximate surface area is 255 Å². The fraction of sp³-hybridized carbons (Fsp3) is 0.400. The summed E-state index contributed by atoms with van der Waals surface area (Å²) in [7, 11) is 4.75. The summed E-state index contributed by atoms with van der Waals surface area (Å²) >= 11 is 0. The Morgan fingerprint density at radius 2 is 1.66 bits per heavy atom. The third-order valence-electron chi connectivity index (χ3n) is 7.08. The number of carbonyl (C=O) groups excluding carboxylic acids is 6. The molecule has 4 bridgehead atoms. The average molecular weight is 611 g/mol. The van der Waals surface area contributed by atoms with Gasteiger partial charge in [-0.2, -0.15) is 0 Å². The van der Waals surface area contributed by atoms with Crippen molar-refractivity contribution in [3.8, 4) is 17.2 Å². The van der Waals surface area contributed by atoms with Crippen molar-refractivity contribution in [1.29, 1.82) is 0 Å². The number of nitrogens with zero attached hydrogens (tertiary/aromatic N) is 2. The summed E-state index contributed by atoms with van der Waals surface area (Å²) in [6, 6.07) is 11.1. The molecule has 4 N–H and O–H groups in total. The van der Waals surface area contributed by atoms with Gasteiger partial charge in [0.15, 0.2) is 11.5 Å². The molecule has 0 saturated heterocycles. The highest BCUT2D eigenvalue weighted by molar-refractivity contribution is 5.92. The molecule has 2 heterocycles. The van der Waals surface area contributed by atoms with Crippen LogP contribution in [0.3, 0.4) is 0 Å². The molecule has 44 heavy (non-hydrogen) atoms. The molecule has 2 atom stereocenters. The summed E-state index contributed by atoms with van der Waals surface area (Å²) in [6.45, 7) is 0.610. The van der Waals surface area contributed by atoms with Gasteiger partial charge in [0, 0.05) is 27.1 Å². The lowest BCUT2D eigenvalue weighted by molar-refractivity contribution is -0.143. The SMILES string of the molecule is COc1ccc2cc1Oc1ccc(cc1)C[C@H](N(C)C(=O)CNC(=O)CNC(=O)CNC(=O)C(C)NC=O)C(=O)N(C)CC2. The smallest absolute Gasteiger partial charge is 0.245 e. The Morgan fingerprint density at radius 3 is 2.32 bits per heavy atom. The van der Waals surface area contributed by atoms with E-state index in [-0.39, 0.29) is 12.3 Å². The van der Waals surface area contributed by atoms with Crippen molar-refractivity contribution in [3.63, 3.8) is 0 Å². The number of likely N-dealkylation sites (N-methyl/N-ethyl adjacent to an activating group) is 2. The summed E-state index contributed by atoms with van der Waals surface area (Å²) in [5.74, 6) is -0.843. The van der Waals surface area contributed by atoms with E-state index in [4.69, 9.17) is 9.47 Å². The van der Waals surface area contributed by atoms with Gasteiger partial charge in [-0.1, -0.05) is 18.2 Å². The van der Waals surface area contributed by atoms with E-state index in [1.54, 1.807) is 31.2 Å². The Morgan fingerprint density at radius 1 is 1.02 bits per heavy atom. The van der Waals surface area contributed by atoms with Crippen LogP contribution in [-0.2, 0) is 41.6 Å². The molecule has 0 aliphatic carbocycles. The van der Waals surface area contributed by atoms with E-state index < -0.39 is 55.3 Å². The number of fused-ring (bicyclic) bond motifs is 7. The van der Waals surface area contributed by atoms with E-state index in [0.717, 1.165) is 11.1 Å². The van der Waals surface area contributed by atoms with E-state index in [0.29, 0.717) is 36.6 Å². The van der Waals surface area contributed by atoms with Crippen LogP contribution in [0.25, 0.3) is 0 Å². The van der Waals surface area contributed by atoms with Gasteiger partial charge in [-0.15, -0.1) is 0 Å². The first-order chi connectivity index (χ1) is 21.0. The fourth-order valence-electron chi connectivity index (χ4n) is 4.33. The first-order valence-electron chi connectivity index (χ1n) is 14.0. The third-order valence-corrected chi connectivity index (χ3v) is 7.08. The summed E-state index contributed by atoms with van der Waals surface area (Å²) in [4.78, 5) is 75.9. The normalized spacial score (nSPS) is 15.1. The molecule has 2 aliphatic heterocycles. The van der Waals surface area contributed by atoms with Gasteiger partial charge >= 0.3 is 0 Å². The maximum Gasteiger partial charge on any atom is 0.245 e. The second-order valence-electron chi connectivity index (χ2n) is 10.2. The molecular weight excluding hydrogens is 572 g/mol. The van der Waals surface area contributed by atoms with Crippen LogP contribution in [0.5, 0.6) is 17.2 Å².